The predicted octanol–water partition coefficient (Wildman–Crippen LogP) is 1.90. The third-order valence-electron chi connectivity index (χ3n) is 2.27. The summed E-state index contributed by atoms with van der Waals surface area (Å²) in [6, 6.07) is 4.67. The van der Waals surface area contributed by atoms with Gasteiger partial charge in [0.15, 0.2) is 0 Å². The molecule has 1 aromatic carbocycles. The molecule has 0 fully saturated rings. The number of aromatic nitrogens is 3. The molecule has 6 heteroatoms. The Morgan fingerprint density at radius 3 is 2.88 bits per heavy atom. The number of rotatable bonds is 4. The van der Waals surface area contributed by atoms with Gasteiger partial charge in [0.1, 0.15) is 5.82 Å². The molecule has 90 valence electrons. The molecular formula is C11H12ClFN4. The van der Waals surface area contributed by atoms with Crippen molar-refractivity contribution in [2.24, 2.45) is 7.05 Å². The summed E-state index contributed by atoms with van der Waals surface area (Å²) in [6.45, 7) is 1.22. The van der Waals surface area contributed by atoms with Gasteiger partial charge in [-0.05, 0) is 17.7 Å². The molecule has 0 unspecified atom stereocenters. The zero-order valence-corrected chi connectivity index (χ0v) is 10.1. The molecule has 0 aliphatic heterocycles. The average Bonchev–Trinajstić information content (AvgIpc) is 2.70. The van der Waals surface area contributed by atoms with Crippen LogP contribution in [-0.2, 0) is 20.1 Å². The lowest BCUT2D eigenvalue weighted by Gasteiger charge is -2.03. The molecule has 0 radical (unpaired) electrons. The Kier molecular flexibility index (Phi) is 3.71. The van der Waals surface area contributed by atoms with Gasteiger partial charge in [-0.2, -0.15) is 0 Å². The molecule has 4 nitrogen and oxygen atoms in total. The van der Waals surface area contributed by atoms with Crippen LogP contribution in [0.4, 0.5) is 4.39 Å². The quantitative estimate of drug-likeness (QED) is 0.906. The molecule has 0 spiro atoms. The van der Waals surface area contributed by atoms with E-state index in [0.717, 1.165) is 11.3 Å². The number of benzene rings is 1. The molecule has 0 atom stereocenters. The minimum atomic E-state index is -0.399. The van der Waals surface area contributed by atoms with Crippen LogP contribution in [0.15, 0.2) is 24.4 Å². The second kappa shape index (κ2) is 5.25. The van der Waals surface area contributed by atoms with Crippen molar-refractivity contribution in [1.82, 2.24) is 20.3 Å². The summed E-state index contributed by atoms with van der Waals surface area (Å²) in [6.07, 6.45) is 1.84. The van der Waals surface area contributed by atoms with Gasteiger partial charge in [-0.15, -0.1) is 5.10 Å². The van der Waals surface area contributed by atoms with E-state index in [-0.39, 0.29) is 5.02 Å². The predicted molar refractivity (Wildman–Crippen MR) is 63.0 cm³/mol. The Hall–Kier alpha value is -1.46. The number of nitrogens with one attached hydrogen (secondary N) is 1. The van der Waals surface area contributed by atoms with E-state index < -0.39 is 5.82 Å². The number of hydrogen-bond donors (Lipinski definition) is 1. The van der Waals surface area contributed by atoms with E-state index in [9.17, 15) is 4.39 Å². The summed E-state index contributed by atoms with van der Waals surface area (Å²) >= 11 is 5.68. The molecule has 0 saturated carbocycles. The first-order valence-corrected chi connectivity index (χ1v) is 5.53. The van der Waals surface area contributed by atoms with Crippen molar-refractivity contribution in [3.63, 3.8) is 0 Å². The fourth-order valence-corrected chi connectivity index (χ4v) is 1.66. The van der Waals surface area contributed by atoms with E-state index in [1.165, 1.54) is 6.07 Å². The van der Waals surface area contributed by atoms with Crippen LogP contribution in [0.1, 0.15) is 11.3 Å². The maximum Gasteiger partial charge on any atom is 0.141 e. The number of aryl methyl sites for hydroxylation is 1. The fraction of sp³-hybridized carbons (Fsp3) is 0.273. The molecule has 2 aromatic rings. The third-order valence-corrected chi connectivity index (χ3v) is 2.56. The number of hydrogen-bond acceptors (Lipinski definition) is 3. The van der Waals surface area contributed by atoms with Crippen LogP contribution < -0.4 is 5.32 Å². The first kappa shape index (κ1) is 12.0. The van der Waals surface area contributed by atoms with E-state index in [1.807, 2.05) is 13.2 Å². The van der Waals surface area contributed by atoms with Gasteiger partial charge in [0.25, 0.3) is 0 Å². The minimum Gasteiger partial charge on any atom is -0.307 e. The number of nitrogens with zero attached hydrogens (tertiary/aromatic N) is 3. The van der Waals surface area contributed by atoms with Gasteiger partial charge < -0.3 is 5.32 Å². The first-order valence-electron chi connectivity index (χ1n) is 5.15. The van der Waals surface area contributed by atoms with E-state index in [0.29, 0.717) is 13.1 Å². The lowest BCUT2D eigenvalue weighted by molar-refractivity contribution is 0.624. The smallest absolute Gasteiger partial charge is 0.141 e. The average molecular weight is 255 g/mol. The second-order valence-corrected chi connectivity index (χ2v) is 4.14. The van der Waals surface area contributed by atoms with Crippen molar-refractivity contribution in [3.05, 3.63) is 46.5 Å². The zero-order chi connectivity index (χ0) is 12.3. The Balaban J connectivity index is 1.87. The van der Waals surface area contributed by atoms with Crippen molar-refractivity contribution in [3.8, 4) is 0 Å². The molecule has 2 rings (SSSR count). The van der Waals surface area contributed by atoms with Gasteiger partial charge in [0, 0.05) is 26.3 Å². The molecule has 1 N–H and O–H groups in total. The topological polar surface area (TPSA) is 42.7 Å². The third kappa shape index (κ3) is 3.25. The van der Waals surface area contributed by atoms with Crippen molar-refractivity contribution in [1.29, 1.82) is 0 Å². The minimum absolute atomic E-state index is 0.142. The fourth-order valence-electron chi connectivity index (χ4n) is 1.46. The first-order chi connectivity index (χ1) is 8.15. The van der Waals surface area contributed by atoms with Gasteiger partial charge in [-0.3, -0.25) is 4.68 Å². The maximum atomic E-state index is 12.9. The highest BCUT2D eigenvalue weighted by Crippen LogP contribution is 2.15. The Morgan fingerprint density at radius 2 is 2.24 bits per heavy atom. The summed E-state index contributed by atoms with van der Waals surface area (Å²) in [5, 5.41) is 11.1. The molecule has 0 aliphatic carbocycles. The van der Waals surface area contributed by atoms with E-state index in [1.54, 1.807) is 16.8 Å². The lowest BCUT2D eigenvalue weighted by Crippen LogP contribution is -2.13. The molecule has 0 saturated heterocycles. The lowest BCUT2D eigenvalue weighted by atomic mass is 10.2. The molecule has 0 amide bonds. The molecule has 0 bridgehead atoms. The number of halogens is 2. The molecule has 0 aliphatic rings. The summed E-state index contributed by atoms with van der Waals surface area (Å²) in [5.74, 6) is -0.399. The highest BCUT2D eigenvalue weighted by molar-refractivity contribution is 6.30. The zero-order valence-electron chi connectivity index (χ0n) is 9.32. The SMILES string of the molecule is Cn1cc(CNCc2ccc(F)c(Cl)c2)nn1. The molecule has 1 aromatic heterocycles. The van der Waals surface area contributed by atoms with E-state index >= 15 is 0 Å². The summed E-state index contributed by atoms with van der Waals surface area (Å²) < 4.78 is 14.6. The second-order valence-electron chi connectivity index (χ2n) is 3.74. The van der Waals surface area contributed by atoms with Crippen LogP contribution in [0.5, 0.6) is 0 Å². The van der Waals surface area contributed by atoms with Crippen molar-refractivity contribution in [2.75, 3.05) is 0 Å². The van der Waals surface area contributed by atoms with Gasteiger partial charge in [-0.25, -0.2) is 4.39 Å². The van der Waals surface area contributed by atoms with E-state index in [4.69, 9.17) is 11.6 Å². The van der Waals surface area contributed by atoms with Crippen LogP contribution >= 0.6 is 11.6 Å². The van der Waals surface area contributed by atoms with Gasteiger partial charge in [0.05, 0.1) is 10.7 Å². The Bertz CT molecular complexity index is 512. The van der Waals surface area contributed by atoms with Gasteiger partial charge >= 0.3 is 0 Å². The molecule has 1 heterocycles. The van der Waals surface area contributed by atoms with Crippen molar-refractivity contribution >= 4 is 11.6 Å². The van der Waals surface area contributed by atoms with Crippen molar-refractivity contribution < 1.29 is 4.39 Å². The van der Waals surface area contributed by atoms with Crippen LogP contribution in [-0.4, -0.2) is 15.0 Å². The van der Waals surface area contributed by atoms with Crippen LogP contribution in [0.2, 0.25) is 5.02 Å². The monoisotopic (exact) mass is 254 g/mol. The van der Waals surface area contributed by atoms with Crippen LogP contribution in [0.3, 0.4) is 0 Å². The maximum absolute atomic E-state index is 12.9. The largest absolute Gasteiger partial charge is 0.307 e. The summed E-state index contributed by atoms with van der Waals surface area (Å²) in [5.41, 5.74) is 1.79. The highest BCUT2D eigenvalue weighted by atomic mass is 35.5. The van der Waals surface area contributed by atoms with E-state index in [2.05, 4.69) is 15.6 Å². The summed E-state index contributed by atoms with van der Waals surface area (Å²) in [4.78, 5) is 0. The van der Waals surface area contributed by atoms with Crippen molar-refractivity contribution in [2.45, 2.75) is 13.1 Å². The van der Waals surface area contributed by atoms with Gasteiger partial charge in [-0.1, -0.05) is 22.9 Å². The van der Waals surface area contributed by atoms with Gasteiger partial charge in [0.2, 0.25) is 0 Å². The van der Waals surface area contributed by atoms with Crippen LogP contribution in [0.25, 0.3) is 0 Å². The Morgan fingerprint density at radius 1 is 1.41 bits per heavy atom. The van der Waals surface area contributed by atoms with Crippen LogP contribution in [0, 0.1) is 5.82 Å². The Labute approximate surface area is 103 Å². The summed E-state index contributed by atoms with van der Waals surface area (Å²) in [7, 11) is 1.82. The molecule has 17 heavy (non-hydrogen) atoms. The highest BCUT2D eigenvalue weighted by Gasteiger charge is 2.01. The normalized spacial score (nSPS) is 10.8. The molecular weight excluding hydrogens is 243 g/mol. The standard InChI is InChI=1S/C11H12ClFN4/c1-17-7-9(15-16-17)6-14-5-8-2-3-11(13)10(12)4-8/h2-4,7,14H,5-6H2,1H3.